The van der Waals surface area contributed by atoms with E-state index >= 15 is 0 Å². The monoisotopic (exact) mass is 364 g/mol. The van der Waals surface area contributed by atoms with E-state index in [4.69, 9.17) is 0 Å². The zero-order chi connectivity index (χ0) is 18.9. The van der Waals surface area contributed by atoms with Gasteiger partial charge in [-0.25, -0.2) is 0 Å². The molecule has 0 heterocycles. The van der Waals surface area contributed by atoms with Crippen LogP contribution < -0.4 is 0 Å². The summed E-state index contributed by atoms with van der Waals surface area (Å²) in [6, 6.07) is 0. The van der Waals surface area contributed by atoms with E-state index < -0.39 is 0 Å². The van der Waals surface area contributed by atoms with E-state index in [9.17, 15) is 0 Å². The third-order valence-corrected chi connectivity index (χ3v) is 7.66. The van der Waals surface area contributed by atoms with Gasteiger partial charge in [0.05, 0.1) is 0 Å². The van der Waals surface area contributed by atoms with Crippen molar-refractivity contribution >= 4 is 0 Å². The van der Waals surface area contributed by atoms with Crippen LogP contribution in [-0.2, 0) is 0 Å². The summed E-state index contributed by atoms with van der Waals surface area (Å²) in [4.78, 5) is 0. The number of hydrogen-bond acceptors (Lipinski definition) is 0. The summed E-state index contributed by atoms with van der Waals surface area (Å²) in [5.74, 6) is 1.04. The summed E-state index contributed by atoms with van der Waals surface area (Å²) >= 11 is 0. The van der Waals surface area contributed by atoms with Crippen molar-refractivity contribution in [3.05, 3.63) is 0 Å². The Hall–Kier alpha value is 0. The molecule has 0 aliphatic heterocycles. The van der Waals surface area contributed by atoms with Crippen molar-refractivity contribution in [1.82, 2.24) is 0 Å². The van der Waals surface area contributed by atoms with Crippen LogP contribution in [0.3, 0.4) is 0 Å². The van der Waals surface area contributed by atoms with E-state index in [-0.39, 0.29) is 0 Å². The molecule has 0 unspecified atom stereocenters. The lowest BCUT2D eigenvalue weighted by atomic mass is 9.63. The predicted molar refractivity (Wildman–Crippen MR) is 120 cm³/mol. The van der Waals surface area contributed by atoms with E-state index in [1.807, 2.05) is 0 Å². The largest absolute Gasteiger partial charge is 0.0654 e. The molecule has 0 radical (unpaired) electrons. The molecule has 0 spiro atoms. The summed E-state index contributed by atoms with van der Waals surface area (Å²) < 4.78 is 0. The molecule has 1 aliphatic rings. The molecule has 1 saturated carbocycles. The van der Waals surface area contributed by atoms with Gasteiger partial charge >= 0.3 is 0 Å². The standard InChI is InChI=1S/C26H52/c1-4-7-8-9-10-11-12-13-14-15-16-17-21-24-26(5-2,6-3)25-22-19-18-20-23-25/h25H,4-24H2,1-3H3. The van der Waals surface area contributed by atoms with Crippen LogP contribution in [0, 0.1) is 11.3 Å². The lowest BCUT2D eigenvalue weighted by Gasteiger charge is -2.42. The van der Waals surface area contributed by atoms with E-state index in [2.05, 4.69) is 20.8 Å². The minimum atomic E-state index is 0.693. The second kappa shape index (κ2) is 16.0. The Morgan fingerprint density at radius 3 is 1.38 bits per heavy atom. The molecule has 1 fully saturated rings. The molecule has 0 heteroatoms. The second-order valence-electron chi connectivity index (χ2n) is 9.40. The predicted octanol–water partition coefficient (Wildman–Crippen LogP) is 9.85. The first kappa shape index (κ1) is 24.0. The van der Waals surface area contributed by atoms with Crippen molar-refractivity contribution in [3.8, 4) is 0 Å². The van der Waals surface area contributed by atoms with Crippen LogP contribution in [0.1, 0.15) is 156 Å². The topological polar surface area (TPSA) is 0 Å². The molecule has 0 N–H and O–H groups in total. The van der Waals surface area contributed by atoms with Crippen molar-refractivity contribution in [3.63, 3.8) is 0 Å². The van der Waals surface area contributed by atoms with Gasteiger partial charge in [-0.2, -0.15) is 0 Å². The molecule has 0 aromatic rings. The molecule has 0 bridgehead atoms. The van der Waals surface area contributed by atoms with Gasteiger partial charge in [0, 0.05) is 0 Å². The van der Waals surface area contributed by atoms with Crippen LogP contribution in [0.2, 0.25) is 0 Å². The lowest BCUT2D eigenvalue weighted by molar-refractivity contribution is 0.0888. The van der Waals surface area contributed by atoms with Crippen molar-refractivity contribution in [1.29, 1.82) is 0 Å². The van der Waals surface area contributed by atoms with Gasteiger partial charge < -0.3 is 0 Å². The van der Waals surface area contributed by atoms with E-state index in [1.165, 1.54) is 135 Å². The molecule has 1 rings (SSSR count). The van der Waals surface area contributed by atoms with Crippen molar-refractivity contribution in [2.75, 3.05) is 0 Å². The van der Waals surface area contributed by atoms with Crippen molar-refractivity contribution < 1.29 is 0 Å². The molecule has 0 aromatic heterocycles. The summed E-state index contributed by atoms with van der Waals surface area (Å²) in [5, 5.41) is 0. The van der Waals surface area contributed by atoms with Crippen LogP contribution >= 0.6 is 0 Å². The summed E-state index contributed by atoms with van der Waals surface area (Å²) in [6.45, 7) is 7.25. The van der Waals surface area contributed by atoms with Gasteiger partial charge in [-0.3, -0.25) is 0 Å². The molecule has 1 aliphatic carbocycles. The van der Waals surface area contributed by atoms with Gasteiger partial charge in [-0.05, 0) is 30.6 Å². The fourth-order valence-corrected chi connectivity index (χ4v) is 5.59. The van der Waals surface area contributed by atoms with Crippen LogP contribution in [0.25, 0.3) is 0 Å². The quantitative estimate of drug-likeness (QED) is 0.225. The van der Waals surface area contributed by atoms with Gasteiger partial charge in [0.25, 0.3) is 0 Å². The van der Waals surface area contributed by atoms with Crippen LogP contribution in [0.15, 0.2) is 0 Å². The average molecular weight is 365 g/mol. The van der Waals surface area contributed by atoms with Gasteiger partial charge in [-0.15, -0.1) is 0 Å². The first-order valence-electron chi connectivity index (χ1n) is 12.8. The zero-order valence-electron chi connectivity index (χ0n) is 18.9. The van der Waals surface area contributed by atoms with E-state index in [0.29, 0.717) is 5.41 Å². The van der Waals surface area contributed by atoms with E-state index in [0.717, 1.165) is 5.92 Å². The minimum absolute atomic E-state index is 0.693. The van der Waals surface area contributed by atoms with Gasteiger partial charge in [-0.1, -0.05) is 136 Å². The van der Waals surface area contributed by atoms with Gasteiger partial charge in [0.1, 0.15) is 0 Å². The van der Waals surface area contributed by atoms with E-state index in [1.54, 1.807) is 0 Å². The average Bonchev–Trinajstić information content (AvgIpc) is 2.69. The molecule has 0 amide bonds. The summed E-state index contributed by atoms with van der Waals surface area (Å²) in [6.07, 6.45) is 31.1. The Kier molecular flexibility index (Phi) is 14.8. The SMILES string of the molecule is CCCCCCCCCCCCCCCC(CC)(CC)C1CCCCC1. The number of unbranched alkanes of at least 4 members (excludes halogenated alkanes) is 12. The zero-order valence-corrected chi connectivity index (χ0v) is 18.9. The maximum atomic E-state index is 2.47. The summed E-state index contributed by atoms with van der Waals surface area (Å²) in [7, 11) is 0. The Bertz CT molecular complexity index is 282. The van der Waals surface area contributed by atoms with Gasteiger partial charge in [0.15, 0.2) is 0 Å². The maximum absolute atomic E-state index is 2.47. The Balaban J connectivity index is 1.99. The lowest BCUT2D eigenvalue weighted by Crippen LogP contribution is -2.31. The highest BCUT2D eigenvalue weighted by molar-refractivity contribution is 4.86. The van der Waals surface area contributed by atoms with Crippen LogP contribution in [0.5, 0.6) is 0 Å². The summed E-state index contributed by atoms with van der Waals surface area (Å²) in [5.41, 5.74) is 0.693. The highest BCUT2D eigenvalue weighted by Gasteiger charge is 2.35. The molecular formula is C26H52. The van der Waals surface area contributed by atoms with Crippen molar-refractivity contribution in [2.45, 2.75) is 156 Å². The Morgan fingerprint density at radius 2 is 0.962 bits per heavy atom. The minimum Gasteiger partial charge on any atom is -0.0654 e. The number of hydrogen-bond donors (Lipinski definition) is 0. The van der Waals surface area contributed by atoms with Crippen molar-refractivity contribution in [2.24, 2.45) is 11.3 Å². The fourth-order valence-electron chi connectivity index (χ4n) is 5.59. The molecule has 0 atom stereocenters. The van der Waals surface area contributed by atoms with Crippen LogP contribution in [-0.4, -0.2) is 0 Å². The molecule has 0 nitrogen and oxygen atoms in total. The molecular weight excluding hydrogens is 312 g/mol. The normalized spacial score (nSPS) is 16.3. The number of rotatable bonds is 17. The maximum Gasteiger partial charge on any atom is -0.0274 e. The molecule has 26 heavy (non-hydrogen) atoms. The fraction of sp³-hybridized carbons (Fsp3) is 1.00. The Morgan fingerprint density at radius 1 is 0.538 bits per heavy atom. The highest BCUT2D eigenvalue weighted by atomic mass is 14.4. The third kappa shape index (κ3) is 9.80. The molecule has 0 aromatic carbocycles. The Labute approximate surface area is 167 Å². The smallest absolute Gasteiger partial charge is 0.0274 e. The second-order valence-corrected chi connectivity index (χ2v) is 9.40. The third-order valence-electron chi connectivity index (χ3n) is 7.66. The van der Waals surface area contributed by atoms with Crippen LogP contribution in [0.4, 0.5) is 0 Å². The first-order valence-corrected chi connectivity index (χ1v) is 12.8. The van der Waals surface area contributed by atoms with Gasteiger partial charge in [0.2, 0.25) is 0 Å². The molecule has 0 saturated heterocycles. The molecule has 156 valence electrons. The highest BCUT2D eigenvalue weighted by Crippen LogP contribution is 2.47. The first-order chi connectivity index (χ1) is 12.8.